The first-order valence-corrected chi connectivity index (χ1v) is 10.2. The summed E-state index contributed by atoms with van der Waals surface area (Å²) in [6.07, 6.45) is 4.54. The fraction of sp³-hybridized carbons (Fsp3) is 0.667. The van der Waals surface area contributed by atoms with Crippen molar-refractivity contribution in [3.8, 4) is 0 Å². The van der Waals surface area contributed by atoms with Crippen LogP contribution in [-0.4, -0.2) is 64.6 Å². The van der Waals surface area contributed by atoms with Crippen molar-refractivity contribution in [1.29, 1.82) is 0 Å². The first-order chi connectivity index (χ1) is 13.2. The molecule has 158 valence electrons. The van der Waals surface area contributed by atoms with Crippen LogP contribution in [0, 0.1) is 6.92 Å². The molecule has 2 aliphatic heterocycles. The number of ether oxygens (including phenoxy) is 2. The Balaban J connectivity index is 0.00000280. The molecule has 2 heterocycles. The third-order valence-electron chi connectivity index (χ3n) is 5.29. The topological polar surface area (TPSA) is 58.1 Å². The molecule has 1 aromatic carbocycles. The van der Waals surface area contributed by atoms with E-state index in [0.717, 1.165) is 71.1 Å². The second-order valence-corrected chi connectivity index (χ2v) is 7.45. The summed E-state index contributed by atoms with van der Waals surface area (Å²) in [6.45, 7) is 7.55. The third-order valence-corrected chi connectivity index (χ3v) is 5.29. The van der Waals surface area contributed by atoms with Crippen LogP contribution in [0.3, 0.4) is 0 Å². The van der Waals surface area contributed by atoms with Crippen LogP contribution in [0.2, 0.25) is 0 Å². The quantitative estimate of drug-likeness (QED) is 0.260. The molecule has 2 saturated heterocycles. The number of hydrogen-bond donors (Lipinski definition) is 2. The smallest absolute Gasteiger partial charge is 0.191 e. The number of anilines is 1. The number of aliphatic imine (C=N–C) groups is 1. The van der Waals surface area contributed by atoms with E-state index in [0.29, 0.717) is 12.1 Å². The Morgan fingerprint density at radius 2 is 1.96 bits per heavy atom. The van der Waals surface area contributed by atoms with Gasteiger partial charge in [-0.25, -0.2) is 0 Å². The maximum absolute atomic E-state index is 5.92. The van der Waals surface area contributed by atoms with Gasteiger partial charge in [-0.3, -0.25) is 4.99 Å². The predicted octanol–water partition coefficient (Wildman–Crippen LogP) is 2.94. The Bertz CT molecular complexity index is 591. The molecule has 28 heavy (non-hydrogen) atoms. The molecule has 0 amide bonds. The SMILES string of the molecule is CN=C(NCCCOC1CCOCC1)NC1CCN(c2ccc(C)cc2)C1.I. The van der Waals surface area contributed by atoms with E-state index in [1.54, 1.807) is 0 Å². The van der Waals surface area contributed by atoms with Crippen molar-refractivity contribution in [2.75, 3.05) is 51.4 Å². The van der Waals surface area contributed by atoms with Crippen LogP contribution in [0.25, 0.3) is 0 Å². The molecular formula is C21H35IN4O2. The lowest BCUT2D eigenvalue weighted by molar-refractivity contribution is -0.0320. The average molecular weight is 502 g/mol. The zero-order valence-corrected chi connectivity index (χ0v) is 19.5. The molecule has 2 aliphatic rings. The number of benzene rings is 1. The maximum Gasteiger partial charge on any atom is 0.191 e. The van der Waals surface area contributed by atoms with Crippen LogP contribution in [0.1, 0.15) is 31.2 Å². The Kier molecular flexibility index (Phi) is 10.4. The van der Waals surface area contributed by atoms with E-state index < -0.39 is 0 Å². The largest absolute Gasteiger partial charge is 0.381 e. The van der Waals surface area contributed by atoms with Crippen LogP contribution in [-0.2, 0) is 9.47 Å². The lowest BCUT2D eigenvalue weighted by Gasteiger charge is -2.22. The molecule has 0 bridgehead atoms. The van der Waals surface area contributed by atoms with E-state index in [4.69, 9.17) is 9.47 Å². The van der Waals surface area contributed by atoms with Crippen LogP contribution in [0.5, 0.6) is 0 Å². The van der Waals surface area contributed by atoms with Gasteiger partial charge in [0.1, 0.15) is 0 Å². The first kappa shape index (κ1) is 23.2. The van der Waals surface area contributed by atoms with Gasteiger partial charge in [0.2, 0.25) is 0 Å². The van der Waals surface area contributed by atoms with Gasteiger partial charge in [0, 0.05) is 58.2 Å². The summed E-state index contributed by atoms with van der Waals surface area (Å²) in [6, 6.07) is 9.21. The third kappa shape index (κ3) is 7.40. The van der Waals surface area contributed by atoms with E-state index in [1.165, 1.54) is 11.3 Å². The van der Waals surface area contributed by atoms with E-state index in [1.807, 2.05) is 7.05 Å². The first-order valence-electron chi connectivity index (χ1n) is 10.2. The highest BCUT2D eigenvalue weighted by molar-refractivity contribution is 14.0. The van der Waals surface area contributed by atoms with Gasteiger partial charge < -0.3 is 25.0 Å². The Hall–Kier alpha value is -1.06. The van der Waals surface area contributed by atoms with Gasteiger partial charge in [0.25, 0.3) is 0 Å². The summed E-state index contributed by atoms with van der Waals surface area (Å²) < 4.78 is 11.3. The lowest BCUT2D eigenvalue weighted by atomic mass is 10.1. The highest BCUT2D eigenvalue weighted by atomic mass is 127. The lowest BCUT2D eigenvalue weighted by Crippen LogP contribution is -2.45. The summed E-state index contributed by atoms with van der Waals surface area (Å²) >= 11 is 0. The zero-order chi connectivity index (χ0) is 18.9. The molecule has 0 radical (unpaired) electrons. The zero-order valence-electron chi connectivity index (χ0n) is 17.2. The number of aryl methyl sites for hydroxylation is 1. The van der Waals surface area contributed by atoms with Crippen molar-refractivity contribution in [2.24, 2.45) is 4.99 Å². The van der Waals surface area contributed by atoms with Crippen molar-refractivity contribution in [3.63, 3.8) is 0 Å². The number of nitrogens with zero attached hydrogens (tertiary/aromatic N) is 2. The Morgan fingerprint density at radius 3 is 2.68 bits per heavy atom. The van der Waals surface area contributed by atoms with Crippen molar-refractivity contribution < 1.29 is 9.47 Å². The van der Waals surface area contributed by atoms with Gasteiger partial charge >= 0.3 is 0 Å². The fourth-order valence-electron chi connectivity index (χ4n) is 3.63. The van der Waals surface area contributed by atoms with Crippen molar-refractivity contribution in [2.45, 2.75) is 44.8 Å². The maximum atomic E-state index is 5.92. The van der Waals surface area contributed by atoms with E-state index >= 15 is 0 Å². The minimum atomic E-state index is 0. The molecule has 1 unspecified atom stereocenters. The summed E-state index contributed by atoms with van der Waals surface area (Å²) in [5.74, 6) is 0.886. The van der Waals surface area contributed by atoms with Gasteiger partial charge in [-0.1, -0.05) is 17.7 Å². The van der Waals surface area contributed by atoms with Crippen LogP contribution < -0.4 is 15.5 Å². The van der Waals surface area contributed by atoms with Crippen LogP contribution >= 0.6 is 24.0 Å². The highest BCUT2D eigenvalue weighted by Crippen LogP contribution is 2.20. The monoisotopic (exact) mass is 502 g/mol. The normalized spacial score (nSPS) is 20.7. The molecule has 6 nitrogen and oxygen atoms in total. The Labute approximate surface area is 186 Å². The van der Waals surface area contributed by atoms with Gasteiger partial charge in [0.15, 0.2) is 5.96 Å². The Morgan fingerprint density at radius 1 is 1.21 bits per heavy atom. The van der Waals surface area contributed by atoms with E-state index in [9.17, 15) is 0 Å². The molecule has 1 aromatic rings. The second-order valence-electron chi connectivity index (χ2n) is 7.45. The van der Waals surface area contributed by atoms with Gasteiger partial charge in [-0.15, -0.1) is 24.0 Å². The summed E-state index contributed by atoms with van der Waals surface area (Å²) in [5.41, 5.74) is 2.61. The molecule has 0 saturated carbocycles. The van der Waals surface area contributed by atoms with Crippen molar-refractivity contribution in [1.82, 2.24) is 10.6 Å². The summed E-state index contributed by atoms with van der Waals surface area (Å²) in [7, 11) is 1.83. The molecule has 0 spiro atoms. The summed E-state index contributed by atoms with van der Waals surface area (Å²) in [4.78, 5) is 6.80. The summed E-state index contributed by atoms with van der Waals surface area (Å²) in [5, 5.41) is 6.97. The minimum Gasteiger partial charge on any atom is -0.381 e. The van der Waals surface area contributed by atoms with Crippen molar-refractivity contribution in [3.05, 3.63) is 29.8 Å². The second kappa shape index (κ2) is 12.5. The van der Waals surface area contributed by atoms with Gasteiger partial charge in [-0.05, 0) is 44.7 Å². The van der Waals surface area contributed by atoms with E-state index in [-0.39, 0.29) is 24.0 Å². The van der Waals surface area contributed by atoms with Crippen LogP contribution in [0.4, 0.5) is 5.69 Å². The number of guanidine groups is 1. The van der Waals surface area contributed by atoms with Gasteiger partial charge in [0.05, 0.1) is 6.10 Å². The molecular weight excluding hydrogens is 467 g/mol. The number of hydrogen-bond acceptors (Lipinski definition) is 4. The number of halogens is 1. The van der Waals surface area contributed by atoms with Crippen LogP contribution in [0.15, 0.2) is 29.3 Å². The number of nitrogens with one attached hydrogen (secondary N) is 2. The molecule has 7 heteroatoms. The highest BCUT2D eigenvalue weighted by Gasteiger charge is 2.23. The fourth-order valence-corrected chi connectivity index (χ4v) is 3.63. The molecule has 3 rings (SSSR count). The average Bonchev–Trinajstić information content (AvgIpc) is 3.16. The molecule has 0 aliphatic carbocycles. The van der Waals surface area contributed by atoms with Gasteiger partial charge in [-0.2, -0.15) is 0 Å². The standard InChI is InChI=1S/C21H34N4O2.HI/c1-17-4-6-19(7-5-17)25-12-8-18(16-25)24-21(22-2)23-11-3-13-27-20-9-14-26-15-10-20;/h4-7,18,20H,3,8-16H2,1-2H3,(H2,22,23,24);1H. The predicted molar refractivity (Wildman–Crippen MR) is 126 cm³/mol. The van der Waals surface area contributed by atoms with E-state index in [2.05, 4.69) is 51.7 Å². The molecule has 1 atom stereocenters. The molecule has 0 aromatic heterocycles. The molecule has 2 fully saturated rings. The minimum absolute atomic E-state index is 0. The number of rotatable bonds is 7. The molecule has 2 N–H and O–H groups in total. The van der Waals surface area contributed by atoms with Crippen molar-refractivity contribution >= 4 is 35.6 Å².